The molecule has 9 nitrogen and oxygen atoms in total. The number of nitrogens with two attached hydrogens (primary N) is 1. The number of hydrogen-bond acceptors (Lipinski definition) is 7. The van der Waals surface area contributed by atoms with Crippen molar-refractivity contribution in [2.75, 3.05) is 36.4 Å². The molecule has 2 aliphatic rings. The topological polar surface area (TPSA) is 114 Å². The van der Waals surface area contributed by atoms with Crippen LogP contribution in [0.4, 0.5) is 22.1 Å². The van der Waals surface area contributed by atoms with Crippen molar-refractivity contribution in [3.8, 4) is 0 Å². The molecule has 2 saturated heterocycles. The highest BCUT2D eigenvalue weighted by Gasteiger charge is 2.34. The van der Waals surface area contributed by atoms with E-state index in [-0.39, 0.29) is 17.7 Å². The van der Waals surface area contributed by atoms with Crippen LogP contribution < -0.4 is 16.0 Å². The first-order valence-electron chi connectivity index (χ1n) is 11.5. The SMILES string of the molecule is CC(C)(C)OC(=O)N1CC(c2ccc(Nc3nc(N4CCCCC4)cnc3C(N)=O)cc2)C1. The Morgan fingerprint density at radius 3 is 2.36 bits per heavy atom. The molecule has 9 heteroatoms. The summed E-state index contributed by atoms with van der Waals surface area (Å²) in [6.07, 6.45) is 4.80. The van der Waals surface area contributed by atoms with E-state index in [0.717, 1.165) is 43.0 Å². The van der Waals surface area contributed by atoms with Gasteiger partial charge in [0.15, 0.2) is 11.5 Å². The Balaban J connectivity index is 1.42. The number of piperidine rings is 1. The number of benzene rings is 1. The number of nitrogens with zero attached hydrogens (tertiary/aromatic N) is 4. The molecule has 0 saturated carbocycles. The molecule has 2 amide bonds. The average molecular weight is 453 g/mol. The number of carbonyl (C=O) groups excluding carboxylic acids is 2. The fourth-order valence-electron chi connectivity index (χ4n) is 4.06. The van der Waals surface area contributed by atoms with E-state index in [1.807, 2.05) is 45.0 Å². The average Bonchev–Trinajstić information content (AvgIpc) is 2.73. The van der Waals surface area contributed by atoms with Gasteiger partial charge < -0.3 is 25.6 Å². The standard InChI is InChI=1S/C24H32N6O3/c1-24(2,3)33-23(32)30-14-17(15-30)16-7-9-18(10-8-16)27-22-20(21(25)31)26-13-19(28-22)29-11-5-4-6-12-29/h7-10,13,17H,4-6,11-12,14-15H2,1-3H3,(H2,25,31)(H,27,28). The van der Waals surface area contributed by atoms with Gasteiger partial charge in [-0.15, -0.1) is 0 Å². The first-order valence-corrected chi connectivity index (χ1v) is 11.5. The minimum atomic E-state index is -0.622. The van der Waals surface area contributed by atoms with Crippen LogP contribution in [-0.2, 0) is 4.74 Å². The van der Waals surface area contributed by atoms with Crippen molar-refractivity contribution in [2.24, 2.45) is 5.73 Å². The monoisotopic (exact) mass is 452 g/mol. The van der Waals surface area contributed by atoms with Gasteiger partial charge in [-0.1, -0.05) is 12.1 Å². The van der Waals surface area contributed by atoms with Gasteiger partial charge in [0.25, 0.3) is 5.91 Å². The fraction of sp³-hybridized carbons (Fsp3) is 0.500. The third-order valence-corrected chi connectivity index (χ3v) is 5.85. The van der Waals surface area contributed by atoms with Crippen molar-refractivity contribution in [1.82, 2.24) is 14.9 Å². The normalized spacial score (nSPS) is 16.8. The van der Waals surface area contributed by atoms with Crippen molar-refractivity contribution >= 4 is 29.3 Å². The van der Waals surface area contributed by atoms with Gasteiger partial charge in [-0.25, -0.2) is 14.8 Å². The number of rotatable bonds is 5. The maximum absolute atomic E-state index is 12.1. The quantitative estimate of drug-likeness (QED) is 0.712. The number of anilines is 3. The van der Waals surface area contributed by atoms with Crippen molar-refractivity contribution < 1.29 is 14.3 Å². The van der Waals surface area contributed by atoms with Gasteiger partial charge in [0, 0.05) is 37.8 Å². The van der Waals surface area contributed by atoms with E-state index in [2.05, 4.69) is 20.2 Å². The summed E-state index contributed by atoms with van der Waals surface area (Å²) in [4.78, 5) is 36.9. The zero-order valence-electron chi connectivity index (χ0n) is 19.5. The van der Waals surface area contributed by atoms with Crippen LogP contribution in [0.3, 0.4) is 0 Å². The van der Waals surface area contributed by atoms with Gasteiger partial charge in [-0.05, 0) is 57.7 Å². The molecule has 0 spiro atoms. The van der Waals surface area contributed by atoms with Crippen LogP contribution >= 0.6 is 0 Å². The largest absolute Gasteiger partial charge is 0.444 e. The summed E-state index contributed by atoms with van der Waals surface area (Å²) in [6, 6.07) is 7.91. The molecular weight excluding hydrogens is 420 g/mol. The summed E-state index contributed by atoms with van der Waals surface area (Å²) >= 11 is 0. The van der Waals surface area contributed by atoms with Gasteiger partial charge in [0.05, 0.1) is 6.20 Å². The van der Waals surface area contributed by atoms with Crippen molar-refractivity contribution in [1.29, 1.82) is 0 Å². The molecule has 1 aromatic carbocycles. The second kappa shape index (κ2) is 9.25. The summed E-state index contributed by atoms with van der Waals surface area (Å²) < 4.78 is 5.42. The molecule has 3 heterocycles. The van der Waals surface area contributed by atoms with Crippen molar-refractivity contribution in [2.45, 2.75) is 51.6 Å². The van der Waals surface area contributed by atoms with Crippen LogP contribution in [0.15, 0.2) is 30.5 Å². The second-order valence-electron chi connectivity index (χ2n) is 9.67. The Bertz CT molecular complexity index is 1010. The van der Waals surface area contributed by atoms with Crippen molar-refractivity contribution in [3.05, 3.63) is 41.7 Å². The van der Waals surface area contributed by atoms with Gasteiger partial charge in [-0.2, -0.15) is 0 Å². The number of likely N-dealkylation sites (tertiary alicyclic amines) is 1. The second-order valence-corrected chi connectivity index (χ2v) is 9.67. The molecule has 1 aromatic heterocycles. The number of aromatic nitrogens is 2. The number of carbonyl (C=O) groups is 2. The summed E-state index contributed by atoms with van der Waals surface area (Å²) in [5, 5.41) is 3.20. The summed E-state index contributed by atoms with van der Waals surface area (Å²) in [7, 11) is 0. The number of amides is 2. The lowest BCUT2D eigenvalue weighted by Gasteiger charge is -2.40. The third kappa shape index (κ3) is 5.53. The highest BCUT2D eigenvalue weighted by Crippen LogP contribution is 2.30. The highest BCUT2D eigenvalue weighted by molar-refractivity contribution is 5.96. The van der Waals surface area contributed by atoms with Crippen LogP contribution in [-0.4, -0.2) is 58.6 Å². The summed E-state index contributed by atoms with van der Waals surface area (Å²) in [5.74, 6) is 0.757. The maximum atomic E-state index is 12.1. The van der Waals surface area contributed by atoms with Crippen molar-refractivity contribution in [3.63, 3.8) is 0 Å². The summed E-state index contributed by atoms with van der Waals surface area (Å²) in [5.41, 5.74) is 7.08. The predicted molar refractivity (Wildman–Crippen MR) is 127 cm³/mol. The Kier molecular flexibility index (Phi) is 6.40. The van der Waals surface area contributed by atoms with Gasteiger partial charge in [0.2, 0.25) is 0 Å². The lowest BCUT2D eigenvalue weighted by molar-refractivity contribution is 0.00818. The molecule has 4 rings (SSSR count). The molecule has 2 fully saturated rings. The van der Waals surface area contributed by atoms with Crippen LogP contribution in [0, 0.1) is 0 Å². The molecular formula is C24H32N6O3. The van der Waals surface area contributed by atoms with E-state index >= 15 is 0 Å². The zero-order chi connectivity index (χ0) is 23.6. The number of ether oxygens (including phenoxy) is 1. The smallest absolute Gasteiger partial charge is 0.410 e. The van der Waals surface area contributed by atoms with E-state index in [4.69, 9.17) is 10.5 Å². The number of primary amides is 1. The molecule has 0 unspecified atom stereocenters. The van der Waals surface area contributed by atoms with Gasteiger partial charge in [0.1, 0.15) is 11.4 Å². The molecule has 0 radical (unpaired) electrons. The van der Waals surface area contributed by atoms with Crippen LogP contribution in [0.1, 0.15) is 62.0 Å². The molecule has 0 atom stereocenters. The number of hydrogen-bond donors (Lipinski definition) is 2. The maximum Gasteiger partial charge on any atom is 0.410 e. The lowest BCUT2D eigenvalue weighted by Crippen LogP contribution is -2.50. The molecule has 2 aliphatic heterocycles. The van der Waals surface area contributed by atoms with E-state index in [0.29, 0.717) is 18.9 Å². The van der Waals surface area contributed by atoms with E-state index in [9.17, 15) is 9.59 Å². The molecule has 2 aromatic rings. The first kappa shape index (κ1) is 22.8. The van der Waals surface area contributed by atoms with Crippen LogP contribution in [0.25, 0.3) is 0 Å². The minimum Gasteiger partial charge on any atom is -0.444 e. The predicted octanol–water partition coefficient (Wildman–Crippen LogP) is 3.64. The first-order chi connectivity index (χ1) is 15.7. The van der Waals surface area contributed by atoms with Gasteiger partial charge in [-0.3, -0.25) is 4.79 Å². The Hall–Kier alpha value is -3.36. The number of nitrogens with one attached hydrogen (secondary N) is 1. The zero-order valence-corrected chi connectivity index (χ0v) is 19.5. The fourth-order valence-corrected chi connectivity index (χ4v) is 4.06. The third-order valence-electron chi connectivity index (χ3n) is 5.85. The lowest BCUT2D eigenvalue weighted by atomic mass is 9.92. The Morgan fingerprint density at radius 1 is 1.09 bits per heavy atom. The molecule has 0 bridgehead atoms. The van der Waals surface area contributed by atoms with E-state index in [1.54, 1.807) is 11.1 Å². The minimum absolute atomic E-state index is 0.117. The van der Waals surface area contributed by atoms with E-state index < -0.39 is 11.5 Å². The van der Waals surface area contributed by atoms with Crippen LogP contribution in [0.5, 0.6) is 0 Å². The molecule has 0 aliphatic carbocycles. The van der Waals surface area contributed by atoms with Crippen LogP contribution in [0.2, 0.25) is 0 Å². The molecule has 176 valence electrons. The summed E-state index contributed by atoms with van der Waals surface area (Å²) in [6.45, 7) is 8.73. The Morgan fingerprint density at radius 2 is 1.76 bits per heavy atom. The van der Waals surface area contributed by atoms with E-state index in [1.165, 1.54) is 6.42 Å². The highest BCUT2D eigenvalue weighted by atomic mass is 16.6. The van der Waals surface area contributed by atoms with Gasteiger partial charge >= 0.3 is 6.09 Å². The Labute approximate surface area is 194 Å². The molecule has 3 N–H and O–H groups in total. The molecule has 33 heavy (non-hydrogen) atoms.